The molecule has 0 bridgehead atoms. The molecule has 2 nitrogen and oxygen atoms in total. The van der Waals surface area contributed by atoms with Crippen molar-refractivity contribution in [2.24, 2.45) is 0 Å². The van der Waals surface area contributed by atoms with E-state index in [1.165, 1.54) is 65.3 Å². The van der Waals surface area contributed by atoms with Crippen LogP contribution in [0, 0.1) is 0 Å². The van der Waals surface area contributed by atoms with Gasteiger partial charge in [0.2, 0.25) is 0 Å². The summed E-state index contributed by atoms with van der Waals surface area (Å²) in [5, 5.41) is 10.2. The summed E-state index contributed by atoms with van der Waals surface area (Å²) in [5.74, 6) is 0. The summed E-state index contributed by atoms with van der Waals surface area (Å²) in [6, 6.07) is 58.8. The van der Waals surface area contributed by atoms with Crippen LogP contribution in [0.4, 0.5) is 17.1 Å². The molecule has 0 N–H and O–H groups in total. The lowest BCUT2D eigenvalue weighted by Gasteiger charge is -2.25. The van der Waals surface area contributed by atoms with E-state index in [0.717, 1.165) is 28.2 Å². The predicted molar refractivity (Wildman–Crippen MR) is 194 cm³/mol. The highest BCUT2D eigenvalue weighted by Crippen LogP contribution is 2.49. The van der Waals surface area contributed by atoms with Gasteiger partial charge < -0.3 is 9.32 Å². The summed E-state index contributed by atoms with van der Waals surface area (Å²) in [7, 11) is 0. The summed E-state index contributed by atoms with van der Waals surface area (Å²) in [6.07, 6.45) is 0. The molecule has 10 rings (SSSR count). The molecule has 0 fully saturated rings. The second-order valence-corrected chi connectivity index (χ2v) is 12.1. The van der Waals surface area contributed by atoms with Gasteiger partial charge in [-0.25, -0.2) is 0 Å². The van der Waals surface area contributed by atoms with E-state index < -0.39 is 0 Å². The van der Waals surface area contributed by atoms with Crippen molar-refractivity contribution in [1.29, 1.82) is 0 Å². The van der Waals surface area contributed by atoms with Crippen LogP contribution in [0.1, 0.15) is 0 Å². The van der Waals surface area contributed by atoms with Crippen molar-refractivity contribution >= 4 is 71.3 Å². The summed E-state index contributed by atoms with van der Waals surface area (Å²) >= 11 is 0. The number of anilines is 3. The van der Waals surface area contributed by atoms with Crippen LogP contribution in [0.2, 0.25) is 0 Å². The molecule has 0 unspecified atom stereocenters. The van der Waals surface area contributed by atoms with Crippen molar-refractivity contribution in [2.75, 3.05) is 4.90 Å². The van der Waals surface area contributed by atoms with E-state index in [0.29, 0.717) is 0 Å². The molecule has 0 saturated heterocycles. The molecule has 46 heavy (non-hydrogen) atoms. The van der Waals surface area contributed by atoms with Crippen LogP contribution < -0.4 is 4.90 Å². The van der Waals surface area contributed by atoms with Gasteiger partial charge in [-0.1, -0.05) is 109 Å². The fourth-order valence-electron chi connectivity index (χ4n) is 7.54. The van der Waals surface area contributed by atoms with Crippen molar-refractivity contribution < 1.29 is 4.42 Å². The SMILES string of the molecule is c1ccc(N(c2ccccc2)c2ccc(-c3cccc(-c4ccc5oc6ccc7ccc8cccc9c4c5c6c7c89)c3)cc2)cc1. The number of hydrogen-bond acceptors (Lipinski definition) is 2. The minimum Gasteiger partial charge on any atom is -0.456 e. The van der Waals surface area contributed by atoms with Crippen LogP contribution in [0.5, 0.6) is 0 Å². The second kappa shape index (κ2) is 9.69. The maximum atomic E-state index is 6.45. The van der Waals surface area contributed by atoms with E-state index in [1.54, 1.807) is 0 Å². The van der Waals surface area contributed by atoms with Crippen LogP contribution in [0.15, 0.2) is 168 Å². The third-order valence-corrected chi connectivity index (χ3v) is 9.56. The molecule has 214 valence electrons. The monoisotopic (exact) mass is 585 g/mol. The molecule has 2 heteroatoms. The Kier molecular flexibility index (Phi) is 5.31. The lowest BCUT2D eigenvalue weighted by molar-refractivity contribution is 0.669. The highest BCUT2D eigenvalue weighted by molar-refractivity contribution is 6.40. The first-order chi connectivity index (χ1) is 22.8. The predicted octanol–water partition coefficient (Wildman–Crippen LogP) is 12.7. The zero-order chi connectivity index (χ0) is 30.2. The Morgan fingerprint density at radius 3 is 1.67 bits per heavy atom. The first-order valence-electron chi connectivity index (χ1n) is 15.8. The number of fused-ring (bicyclic) bond motifs is 1. The molecule has 1 aromatic heterocycles. The molecule has 1 heterocycles. The van der Waals surface area contributed by atoms with Crippen LogP contribution >= 0.6 is 0 Å². The van der Waals surface area contributed by atoms with Crippen LogP contribution in [-0.2, 0) is 0 Å². The van der Waals surface area contributed by atoms with E-state index in [4.69, 9.17) is 4.42 Å². The van der Waals surface area contributed by atoms with E-state index in [1.807, 2.05) is 0 Å². The maximum absolute atomic E-state index is 6.45. The molecule has 0 saturated carbocycles. The molecular weight excluding hydrogens is 558 g/mol. The standard InChI is InChI=1S/C44H27NO/c1-3-12-33(13-4-1)45(34-14-5-2-6-15-34)35-22-19-28(20-23-35)31-10-7-11-32(27-31)36-24-26-39-44-42(36)37-16-8-9-29-17-18-30-21-25-38(46-39)43(44)41(30)40(29)37/h1-27H. The fraction of sp³-hybridized carbons (Fsp3) is 0. The van der Waals surface area contributed by atoms with Crippen molar-refractivity contribution in [3.63, 3.8) is 0 Å². The minimum atomic E-state index is 0.945. The van der Waals surface area contributed by atoms with Crippen molar-refractivity contribution in [1.82, 2.24) is 0 Å². The van der Waals surface area contributed by atoms with Crippen LogP contribution in [0.25, 0.3) is 76.5 Å². The van der Waals surface area contributed by atoms with Gasteiger partial charge in [0.05, 0.1) is 0 Å². The minimum absolute atomic E-state index is 0.945. The first kappa shape index (κ1) is 25.2. The highest BCUT2D eigenvalue weighted by Gasteiger charge is 2.22. The molecule has 0 spiro atoms. The number of benzene rings is 9. The molecule has 0 aliphatic carbocycles. The number of hydrogen-bond donors (Lipinski definition) is 0. The zero-order valence-electron chi connectivity index (χ0n) is 24.9. The van der Waals surface area contributed by atoms with Crippen LogP contribution in [0.3, 0.4) is 0 Å². The van der Waals surface area contributed by atoms with Gasteiger partial charge in [-0.2, -0.15) is 0 Å². The highest BCUT2D eigenvalue weighted by atomic mass is 16.3. The Balaban J connectivity index is 1.13. The van der Waals surface area contributed by atoms with Gasteiger partial charge >= 0.3 is 0 Å². The molecule has 9 aromatic carbocycles. The van der Waals surface area contributed by atoms with E-state index >= 15 is 0 Å². The number of rotatable bonds is 5. The summed E-state index contributed by atoms with van der Waals surface area (Å²) in [4.78, 5) is 2.30. The van der Waals surface area contributed by atoms with Gasteiger partial charge in [-0.05, 0) is 98.4 Å². The van der Waals surface area contributed by atoms with Gasteiger partial charge in [-0.3, -0.25) is 0 Å². The maximum Gasteiger partial charge on any atom is 0.136 e. The van der Waals surface area contributed by atoms with Crippen LogP contribution in [-0.4, -0.2) is 0 Å². The van der Waals surface area contributed by atoms with E-state index in [-0.39, 0.29) is 0 Å². The van der Waals surface area contributed by atoms with E-state index in [2.05, 4.69) is 169 Å². The molecule has 0 aliphatic heterocycles. The summed E-state index contributed by atoms with van der Waals surface area (Å²) in [5.41, 5.74) is 10.1. The second-order valence-electron chi connectivity index (χ2n) is 12.1. The quantitative estimate of drug-likeness (QED) is 0.148. The average molecular weight is 586 g/mol. The molecule has 0 atom stereocenters. The van der Waals surface area contributed by atoms with Gasteiger partial charge in [0, 0.05) is 38.6 Å². The van der Waals surface area contributed by atoms with Gasteiger partial charge in [0.1, 0.15) is 11.2 Å². The van der Waals surface area contributed by atoms with Crippen molar-refractivity contribution in [2.45, 2.75) is 0 Å². The molecule has 0 aliphatic rings. The Hall–Kier alpha value is -6.12. The lowest BCUT2D eigenvalue weighted by Crippen LogP contribution is -2.09. The van der Waals surface area contributed by atoms with Gasteiger partial charge in [0.25, 0.3) is 0 Å². The van der Waals surface area contributed by atoms with Gasteiger partial charge in [0.15, 0.2) is 0 Å². The third-order valence-electron chi connectivity index (χ3n) is 9.56. The Bertz CT molecular complexity index is 2630. The normalized spacial score (nSPS) is 11.9. The fourth-order valence-corrected chi connectivity index (χ4v) is 7.54. The Morgan fingerprint density at radius 2 is 0.935 bits per heavy atom. The number of para-hydroxylation sites is 2. The van der Waals surface area contributed by atoms with Crippen molar-refractivity contribution in [3.05, 3.63) is 164 Å². The van der Waals surface area contributed by atoms with Gasteiger partial charge in [-0.15, -0.1) is 0 Å². The van der Waals surface area contributed by atoms with Crippen molar-refractivity contribution in [3.8, 4) is 22.3 Å². The Labute approximate surface area is 266 Å². The summed E-state index contributed by atoms with van der Waals surface area (Å²) in [6.45, 7) is 0. The molecule has 0 amide bonds. The smallest absolute Gasteiger partial charge is 0.136 e. The largest absolute Gasteiger partial charge is 0.456 e. The summed E-state index contributed by atoms with van der Waals surface area (Å²) < 4.78 is 6.45. The Morgan fingerprint density at radius 1 is 0.348 bits per heavy atom. The number of nitrogens with zero attached hydrogens (tertiary/aromatic N) is 1. The average Bonchev–Trinajstić information content (AvgIpc) is 3.51. The topological polar surface area (TPSA) is 16.4 Å². The molecular formula is C44H27NO. The molecule has 10 aromatic rings. The third kappa shape index (κ3) is 3.65. The first-order valence-corrected chi connectivity index (χ1v) is 15.8. The molecule has 0 radical (unpaired) electrons. The lowest BCUT2D eigenvalue weighted by atomic mass is 9.86. The number of furan rings is 1. The van der Waals surface area contributed by atoms with E-state index in [9.17, 15) is 0 Å². The zero-order valence-corrected chi connectivity index (χ0v) is 24.9.